The van der Waals surface area contributed by atoms with Crippen molar-refractivity contribution in [3.63, 3.8) is 0 Å². The maximum atomic E-state index is 13.4. The van der Waals surface area contributed by atoms with Gasteiger partial charge in [0.05, 0.1) is 12.0 Å². The highest BCUT2D eigenvalue weighted by Crippen LogP contribution is 2.29. The molecule has 0 aliphatic carbocycles. The van der Waals surface area contributed by atoms with E-state index in [9.17, 15) is 9.18 Å². The number of hydrogen-bond donors (Lipinski definition) is 0. The van der Waals surface area contributed by atoms with Crippen LogP contribution in [-0.2, 0) is 4.79 Å². The lowest BCUT2D eigenvalue weighted by Gasteiger charge is -2.10. The molecule has 0 aliphatic rings. The summed E-state index contributed by atoms with van der Waals surface area (Å²) in [5.74, 6) is -1.52. The van der Waals surface area contributed by atoms with Crippen LogP contribution in [0.4, 0.5) is 4.39 Å². The fourth-order valence-corrected chi connectivity index (χ4v) is 1.64. The van der Waals surface area contributed by atoms with Gasteiger partial charge in [-0.2, -0.15) is 5.26 Å². The molecule has 15 heavy (non-hydrogen) atoms. The van der Waals surface area contributed by atoms with Crippen LogP contribution in [0.25, 0.3) is 0 Å². The molecule has 0 radical (unpaired) electrons. The number of Topliss-reactive ketones (excluding diaryl/α,β-unsaturated/α-hetero) is 1. The lowest BCUT2D eigenvalue weighted by atomic mass is 9.95. The van der Waals surface area contributed by atoms with Gasteiger partial charge in [0.2, 0.25) is 0 Å². The zero-order valence-electron chi connectivity index (χ0n) is 8.13. The minimum atomic E-state index is -0.809. The third-order valence-corrected chi connectivity index (χ3v) is 2.33. The van der Waals surface area contributed by atoms with Crippen molar-refractivity contribution in [2.75, 3.05) is 0 Å². The number of carbonyl (C=O) groups is 1. The lowest BCUT2D eigenvalue weighted by Crippen LogP contribution is -2.05. The Balaban J connectivity index is 3.13. The molecule has 0 saturated heterocycles. The van der Waals surface area contributed by atoms with Crippen LogP contribution in [0.1, 0.15) is 24.8 Å². The number of ketones is 1. The van der Waals surface area contributed by atoms with Gasteiger partial charge in [-0.25, -0.2) is 4.39 Å². The van der Waals surface area contributed by atoms with Crippen LogP contribution in [0.15, 0.2) is 18.2 Å². The Morgan fingerprint density at radius 3 is 2.80 bits per heavy atom. The Morgan fingerprint density at radius 2 is 2.33 bits per heavy atom. The van der Waals surface area contributed by atoms with E-state index in [0.29, 0.717) is 0 Å². The number of halogens is 2. The summed E-state index contributed by atoms with van der Waals surface area (Å²) in [6, 6.07) is 6.08. The van der Waals surface area contributed by atoms with Gasteiger partial charge in [0, 0.05) is 17.0 Å². The lowest BCUT2D eigenvalue weighted by molar-refractivity contribution is -0.117. The molecule has 1 aromatic carbocycles. The van der Waals surface area contributed by atoms with Gasteiger partial charge in [0.15, 0.2) is 0 Å². The number of nitriles is 1. The fraction of sp³-hybridized carbons (Fsp3) is 0.273. The Kier molecular flexibility index (Phi) is 3.81. The SMILES string of the molecule is CC(=O)CC(C#N)c1c(F)cccc1Cl. The molecular formula is C11H9ClFNO. The first-order valence-corrected chi connectivity index (χ1v) is 4.77. The zero-order chi connectivity index (χ0) is 11.4. The Morgan fingerprint density at radius 1 is 1.67 bits per heavy atom. The van der Waals surface area contributed by atoms with Crippen molar-refractivity contribution in [3.05, 3.63) is 34.6 Å². The van der Waals surface area contributed by atoms with E-state index in [-0.39, 0.29) is 22.8 Å². The average molecular weight is 226 g/mol. The normalized spacial score (nSPS) is 11.9. The first kappa shape index (κ1) is 11.7. The van der Waals surface area contributed by atoms with Crippen LogP contribution in [0.3, 0.4) is 0 Å². The second-order valence-electron chi connectivity index (χ2n) is 3.22. The molecule has 1 aromatic rings. The van der Waals surface area contributed by atoms with E-state index in [2.05, 4.69) is 0 Å². The number of nitrogens with zero attached hydrogens (tertiary/aromatic N) is 1. The third kappa shape index (κ3) is 2.77. The predicted octanol–water partition coefficient (Wildman–Crippen LogP) is 3.07. The van der Waals surface area contributed by atoms with E-state index >= 15 is 0 Å². The Labute approximate surface area is 92.3 Å². The van der Waals surface area contributed by atoms with Crippen LogP contribution in [0, 0.1) is 17.1 Å². The molecule has 0 heterocycles. The van der Waals surface area contributed by atoms with E-state index in [1.807, 2.05) is 6.07 Å². The standard InChI is InChI=1S/C11H9ClFNO/c1-7(15)5-8(6-14)11-9(12)3-2-4-10(11)13/h2-4,8H,5H2,1H3. The summed E-state index contributed by atoms with van der Waals surface area (Å²) in [4.78, 5) is 10.9. The average Bonchev–Trinajstić information content (AvgIpc) is 2.15. The highest BCUT2D eigenvalue weighted by Gasteiger charge is 2.19. The molecular weight excluding hydrogens is 217 g/mol. The van der Waals surface area contributed by atoms with Crippen LogP contribution in [-0.4, -0.2) is 5.78 Å². The summed E-state index contributed by atoms with van der Waals surface area (Å²) in [6.07, 6.45) is -0.0167. The maximum Gasteiger partial charge on any atom is 0.131 e. The molecule has 2 nitrogen and oxygen atoms in total. The number of rotatable bonds is 3. The monoisotopic (exact) mass is 225 g/mol. The van der Waals surface area contributed by atoms with Gasteiger partial charge < -0.3 is 0 Å². The molecule has 0 amide bonds. The van der Waals surface area contributed by atoms with Gasteiger partial charge in [-0.15, -0.1) is 0 Å². The Hall–Kier alpha value is -1.40. The second kappa shape index (κ2) is 4.90. The molecule has 0 fully saturated rings. The zero-order valence-corrected chi connectivity index (χ0v) is 8.88. The van der Waals surface area contributed by atoms with Gasteiger partial charge in [0.1, 0.15) is 11.6 Å². The minimum absolute atomic E-state index is 0.0167. The van der Waals surface area contributed by atoms with E-state index in [1.54, 1.807) is 0 Å². The van der Waals surface area contributed by atoms with Crippen LogP contribution < -0.4 is 0 Å². The minimum Gasteiger partial charge on any atom is -0.300 e. The van der Waals surface area contributed by atoms with E-state index in [4.69, 9.17) is 16.9 Å². The van der Waals surface area contributed by atoms with Gasteiger partial charge >= 0.3 is 0 Å². The number of carbonyl (C=O) groups excluding carboxylic acids is 1. The summed E-state index contributed by atoms with van der Waals surface area (Å²) in [7, 11) is 0. The van der Waals surface area contributed by atoms with Crippen molar-refractivity contribution in [1.82, 2.24) is 0 Å². The molecule has 0 aromatic heterocycles. The Bertz CT molecular complexity index is 405. The molecule has 0 N–H and O–H groups in total. The van der Waals surface area contributed by atoms with Gasteiger partial charge in [-0.05, 0) is 19.1 Å². The molecule has 4 heteroatoms. The summed E-state index contributed by atoms with van der Waals surface area (Å²) in [6.45, 7) is 1.36. The molecule has 1 atom stereocenters. The van der Waals surface area contributed by atoms with Crippen molar-refractivity contribution in [2.24, 2.45) is 0 Å². The highest BCUT2D eigenvalue weighted by molar-refractivity contribution is 6.31. The van der Waals surface area contributed by atoms with Crippen molar-refractivity contribution in [3.8, 4) is 6.07 Å². The topological polar surface area (TPSA) is 40.9 Å². The van der Waals surface area contributed by atoms with E-state index in [1.165, 1.54) is 25.1 Å². The largest absolute Gasteiger partial charge is 0.300 e. The van der Waals surface area contributed by atoms with Gasteiger partial charge in [-0.3, -0.25) is 4.79 Å². The molecule has 1 rings (SSSR count). The van der Waals surface area contributed by atoms with Crippen LogP contribution in [0.2, 0.25) is 5.02 Å². The predicted molar refractivity (Wildman–Crippen MR) is 55.1 cm³/mol. The van der Waals surface area contributed by atoms with Crippen molar-refractivity contribution < 1.29 is 9.18 Å². The second-order valence-corrected chi connectivity index (χ2v) is 3.63. The smallest absolute Gasteiger partial charge is 0.131 e. The summed E-state index contributed by atoms with van der Waals surface area (Å²) in [5.41, 5.74) is 0.108. The summed E-state index contributed by atoms with van der Waals surface area (Å²) in [5, 5.41) is 9.03. The number of benzene rings is 1. The maximum absolute atomic E-state index is 13.4. The molecule has 0 aliphatic heterocycles. The van der Waals surface area contributed by atoms with Gasteiger partial charge in [-0.1, -0.05) is 17.7 Å². The van der Waals surface area contributed by atoms with Crippen molar-refractivity contribution in [2.45, 2.75) is 19.3 Å². The van der Waals surface area contributed by atoms with Crippen LogP contribution in [0.5, 0.6) is 0 Å². The first-order valence-electron chi connectivity index (χ1n) is 4.39. The molecule has 78 valence electrons. The molecule has 0 saturated carbocycles. The third-order valence-electron chi connectivity index (χ3n) is 2.00. The van der Waals surface area contributed by atoms with Crippen molar-refractivity contribution in [1.29, 1.82) is 5.26 Å². The van der Waals surface area contributed by atoms with Crippen molar-refractivity contribution >= 4 is 17.4 Å². The summed E-state index contributed by atoms with van der Waals surface area (Å²) >= 11 is 5.78. The van der Waals surface area contributed by atoms with Gasteiger partial charge in [0.25, 0.3) is 0 Å². The summed E-state index contributed by atoms with van der Waals surface area (Å²) < 4.78 is 13.4. The molecule has 1 unspecified atom stereocenters. The molecule has 0 spiro atoms. The quantitative estimate of drug-likeness (QED) is 0.793. The molecule has 0 bridgehead atoms. The fourth-order valence-electron chi connectivity index (χ4n) is 1.34. The number of hydrogen-bond acceptors (Lipinski definition) is 2. The first-order chi connectivity index (χ1) is 7.06. The highest BCUT2D eigenvalue weighted by atomic mass is 35.5. The van der Waals surface area contributed by atoms with Crippen LogP contribution >= 0.6 is 11.6 Å². The van der Waals surface area contributed by atoms with E-state index < -0.39 is 11.7 Å². The van der Waals surface area contributed by atoms with E-state index in [0.717, 1.165) is 0 Å².